The molecule has 2 aromatic rings. The van der Waals surface area contributed by atoms with Crippen molar-refractivity contribution in [2.24, 2.45) is 0 Å². The third-order valence-corrected chi connectivity index (χ3v) is 4.02. The predicted molar refractivity (Wildman–Crippen MR) is 102 cm³/mol. The van der Waals surface area contributed by atoms with Crippen LogP contribution in [0.3, 0.4) is 0 Å². The molecule has 5 nitrogen and oxygen atoms in total. The third-order valence-electron chi connectivity index (χ3n) is 4.02. The Morgan fingerprint density at radius 3 is 2.36 bits per heavy atom. The average Bonchev–Trinajstić information content (AvgIpc) is 2.59. The average molecular weight is 339 g/mol. The Balaban J connectivity index is 1.96. The van der Waals surface area contributed by atoms with Gasteiger partial charge in [-0.25, -0.2) is 0 Å². The summed E-state index contributed by atoms with van der Waals surface area (Å²) in [5, 5.41) is 8.74. The number of rotatable bonds is 6. The van der Waals surface area contributed by atoms with Crippen molar-refractivity contribution >= 4 is 23.2 Å². The van der Waals surface area contributed by atoms with Crippen molar-refractivity contribution in [2.75, 3.05) is 17.7 Å². The zero-order valence-electron chi connectivity index (χ0n) is 15.1. The maximum Gasteiger partial charge on any atom is 0.246 e. The van der Waals surface area contributed by atoms with E-state index in [1.165, 1.54) is 0 Å². The number of carbonyl (C=O) groups excluding carboxylic acids is 2. The first-order chi connectivity index (χ1) is 11.9. The zero-order chi connectivity index (χ0) is 18.4. The van der Waals surface area contributed by atoms with Crippen molar-refractivity contribution in [1.82, 2.24) is 5.32 Å². The molecule has 0 fully saturated rings. The highest BCUT2D eigenvalue weighted by Crippen LogP contribution is 2.17. The van der Waals surface area contributed by atoms with Gasteiger partial charge in [0.2, 0.25) is 11.8 Å². The van der Waals surface area contributed by atoms with E-state index in [0.717, 1.165) is 28.1 Å². The first-order valence-electron chi connectivity index (χ1n) is 8.33. The summed E-state index contributed by atoms with van der Waals surface area (Å²) < 4.78 is 0. The van der Waals surface area contributed by atoms with Crippen LogP contribution in [0.1, 0.15) is 23.6 Å². The number of hydrogen-bond acceptors (Lipinski definition) is 3. The van der Waals surface area contributed by atoms with E-state index < -0.39 is 0 Å². The number of hydrogen-bond donors (Lipinski definition) is 3. The van der Waals surface area contributed by atoms with Crippen LogP contribution in [0, 0.1) is 13.8 Å². The topological polar surface area (TPSA) is 70.2 Å². The van der Waals surface area contributed by atoms with Gasteiger partial charge in [-0.15, -0.1) is 0 Å². The second kappa shape index (κ2) is 8.33. The monoisotopic (exact) mass is 339 g/mol. The number of likely N-dealkylation sites (N-methyl/N-ethyl adjacent to an activating group) is 1. The van der Waals surface area contributed by atoms with Gasteiger partial charge >= 0.3 is 0 Å². The molecular weight excluding hydrogens is 314 g/mol. The molecule has 25 heavy (non-hydrogen) atoms. The summed E-state index contributed by atoms with van der Waals surface area (Å²) in [6.07, 6.45) is 0.347. The fourth-order valence-corrected chi connectivity index (χ4v) is 2.42. The highest BCUT2D eigenvalue weighted by molar-refractivity contribution is 5.96. The molecule has 2 aromatic carbocycles. The molecule has 0 radical (unpaired) electrons. The van der Waals surface area contributed by atoms with E-state index in [4.69, 9.17) is 0 Å². The van der Waals surface area contributed by atoms with Crippen molar-refractivity contribution in [3.05, 3.63) is 59.2 Å². The summed E-state index contributed by atoms with van der Waals surface area (Å²) >= 11 is 0. The standard InChI is InChI=1S/C20H25N3O2/c1-13-5-6-14(2)18(11-13)23-20(25)15(3)22-17-9-7-16(8-10-17)12-19(24)21-4/h5-11,15,22H,12H2,1-4H3,(H,21,24)(H,23,25)/t15-/m1/s1. The van der Waals surface area contributed by atoms with Crippen molar-refractivity contribution in [2.45, 2.75) is 33.2 Å². The maximum absolute atomic E-state index is 12.4. The van der Waals surface area contributed by atoms with E-state index in [9.17, 15) is 9.59 Å². The molecule has 0 heterocycles. The molecule has 2 rings (SSSR count). The number of nitrogens with one attached hydrogen (secondary N) is 3. The summed E-state index contributed by atoms with van der Waals surface area (Å²) in [6.45, 7) is 5.79. The Hall–Kier alpha value is -2.82. The molecule has 0 saturated carbocycles. The summed E-state index contributed by atoms with van der Waals surface area (Å²) in [5.74, 6) is -0.120. The smallest absolute Gasteiger partial charge is 0.246 e. The lowest BCUT2D eigenvalue weighted by atomic mass is 10.1. The molecule has 0 aliphatic carbocycles. The molecule has 0 saturated heterocycles. The van der Waals surface area contributed by atoms with Gasteiger partial charge in [-0.1, -0.05) is 24.3 Å². The van der Waals surface area contributed by atoms with Crippen molar-refractivity contribution in [3.8, 4) is 0 Å². The van der Waals surface area contributed by atoms with Gasteiger partial charge in [0.15, 0.2) is 0 Å². The van der Waals surface area contributed by atoms with E-state index in [2.05, 4.69) is 16.0 Å². The van der Waals surface area contributed by atoms with Crippen LogP contribution in [0.25, 0.3) is 0 Å². The summed E-state index contributed by atoms with van der Waals surface area (Å²) in [6, 6.07) is 13.1. The lowest BCUT2D eigenvalue weighted by Gasteiger charge is -2.17. The van der Waals surface area contributed by atoms with Crippen molar-refractivity contribution in [3.63, 3.8) is 0 Å². The van der Waals surface area contributed by atoms with E-state index in [1.807, 2.05) is 63.2 Å². The first kappa shape index (κ1) is 18.5. The second-order valence-corrected chi connectivity index (χ2v) is 6.22. The third kappa shape index (κ3) is 5.35. The molecule has 0 spiro atoms. The van der Waals surface area contributed by atoms with Crippen molar-refractivity contribution in [1.29, 1.82) is 0 Å². The largest absolute Gasteiger partial charge is 0.374 e. The molecule has 1 atom stereocenters. The van der Waals surface area contributed by atoms with Crippen LogP contribution in [0.2, 0.25) is 0 Å². The quantitative estimate of drug-likeness (QED) is 0.758. The van der Waals surface area contributed by atoms with Crippen molar-refractivity contribution < 1.29 is 9.59 Å². The lowest BCUT2D eigenvalue weighted by molar-refractivity contribution is -0.120. The van der Waals surface area contributed by atoms with Crippen LogP contribution in [-0.4, -0.2) is 24.9 Å². The maximum atomic E-state index is 12.4. The van der Waals surface area contributed by atoms with Gasteiger partial charge < -0.3 is 16.0 Å². The number of aryl methyl sites for hydroxylation is 2. The summed E-state index contributed by atoms with van der Waals surface area (Å²) in [7, 11) is 1.62. The van der Waals surface area contributed by atoms with Gasteiger partial charge in [0.05, 0.1) is 6.42 Å². The molecular formula is C20H25N3O2. The van der Waals surface area contributed by atoms with Gasteiger partial charge in [-0.05, 0) is 55.7 Å². The second-order valence-electron chi connectivity index (χ2n) is 6.22. The molecule has 0 bridgehead atoms. The summed E-state index contributed by atoms with van der Waals surface area (Å²) in [5.41, 5.74) is 4.74. The van der Waals surface area contributed by atoms with E-state index in [0.29, 0.717) is 6.42 Å². The summed E-state index contributed by atoms with van der Waals surface area (Å²) in [4.78, 5) is 23.8. The highest BCUT2D eigenvalue weighted by Gasteiger charge is 2.14. The molecule has 5 heteroatoms. The number of amides is 2. The van der Waals surface area contributed by atoms with E-state index >= 15 is 0 Å². The SMILES string of the molecule is CNC(=O)Cc1ccc(N[C@H](C)C(=O)Nc2cc(C)ccc2C)cc1. The number of anilines is 2. The predicted octanol–water partition coefficient (Wildman–Crippen LogP) is 3.03. The fraction of sp³-hybridized carbons (Fsp3) is 0.300. The molecule has 0 unspecified atom stereocenters. The molecule has 132 valence electrons. The molecule has 0 aromatic heterocycles. The van der Waals surface area contributed by atoms with Gasteiger partial charge in [-0.3, -0.25) is 9.59 Å². The van der Waals surface area contributed by atoms with Gasteiger partial charge in [0.25, 0.3) is 0 Å². The normalized spacial score (nSPS) is 11.5. The van der Waals surface area contributed by atoms with Crippen LogP contribution in [0.5, 0.6) is 0 Å². The molecule has 3 N–H and O–H groups in total. The van der Waals surface area contributed by atoms with E-state index in [-0.39, 0.29) is 17.9 Å². The molecule has 0 aliphatic heterocycles. The van der Waals surface area contributed by atoms with Gasteiger partial charge in [0, 0.05) is 18.4 Å². The minimum atomic E-state index is -0.385. The van der Waals surface area contributed by atoms with Gasteiger partial charge in [-0.2, -0.15) is 0 Å². The van der Waals surface area contributed by atoms with Crippen LogP contribution in [0.15, 0.2) is 42.5 Å². The Bertz CT molecular complexity index is 754. The Kier molecular flexibility index (Phi) is 6.17. The first-order valence-corrected chi connectivity index (χ1v) is 8.33. The van der Waals surface area contributed by atoms with Crippen LogP contribution < -0.4 is 16.0 Å². The Labute approximate surface area is 148 Å². The molecule has 2 amide bonds. The Morgan fingerprint density at radius 2 is 1.72 bits per heavy atom. The van der Waals surface area contributed by atoms with Gasteiger partial charge in [0.1, 0.15) is 6.04 Å². The van der Waals surface area contributed by atoms with Crippen LogP contribution in [-0.2, 0) is 16.0 Å². The fourth-order valence-electron chi connectivity index (χ4n) is 2.42. The lowest BCUT2D eigenvalue weighted by Crippen LogP contribution is -2.32. The highest BCUT2D eigenvalue weighted by atomic mass is 16.2. The van der Waals surface area contributed by atoms with Crippen LogP contribution >= 0.6 is 0 Å². The Morgan fingerprint density at radius 1 is 1.04 bits per heavy atom. The number of benzene rings is 2. The van der Waals surface area contributed by atoms with Crippen LogP contribution in [0.4, 0.5) is 11.4 Å². The van der Waals surface area contributed by atoms with E-state index in [1.54, 1.807) is 7.05 Å². The molecule has 0 aliphatic rings. The zero-order valence-corrected chi connectivity index (χ0v) is 15.1. The minimum Gasteiger partial charge on any atom is -0.374 e. The number of carbonyl (C=O) groups is 2. The minimum absolute atomic E-state index is 0.0259.